The van der Waals surface area contributed by atoms with Crippen LogP contribution in [0.5, 0.6) is 0 Å². The van der Waals surface area contributed by atoms with Gasteiger partial charge in [0.25, 0.3) is 0 Å². The monoisotopic (exact) mass is 281 g/mol. The number of ether oxygens (including phenoxy) is 1. The van der Waals surface area contributed by atoms with Crippen LogP contribution in [0.2, 0.25) is 0 Å². The van der Waals surface area contributed by atoms with Crippen LogP contribution in [-0.2, 0) is 4.74 Å². The molecule has 3 atom stereocenters. The molecule has 5 heteroatoms. The van der Waals surface area contributed by atoms with Gasteiger partial charge in [-0.15, -0.1) is 0 Å². The molecule has 0 aromatic heterocycles. The SMILES string of the molecule is CC(C)(C)OC(=O)N1C[C@@H]2CN3CCCNC[C@H]3[C@@H]2C1. The molecule has 3 heterocycles. The predicted octanol–water partition coefficient (Wildman–Crippen LogP) is 1.15. The predicted molar refractivity (Wildman–Crippen MR) is 77.6 cm³/mol. The van der Waals surface area contributed by atoms with Crippen LogP contribution in [-0.4, -0.2) is 66.8 Å². The number of hydrogen-bond donors (Lipinski definition) is 1. The molecular weight excluding hydrogens is 254 g/mol. The summed E-state index contributed by atoms with van der Waals surface area (Å²) in [5.41, 5.74) is -0.398. The lowest BCUT2D eigenvalue weighted by molar-refractivity contribution is 0.0267. The minimum Gasteiger partial charge on any atom is -0.444 e. The maximum absolute atomic E-state index is 12.2. The molecule has 3 rings (SSSR count). The van der Waals surface area contributed by atoms with E-state index in [4.69, 9.17) is 4.74 Å². The van der Waals surface area contributed by atoms with Gasteiger partial charge < -0.3 is 15.0 Å². The summed E-state index contributed by atoms with van der Waals surface area (Å²) < 4.78 is 5.51. The molecule has 0 aliphatic carbocycles. The average molecular weight is 281 g/mol. The smallest absolute Gasteiger partial charge is 0.410 e. The van der Waals surface area contributed by atoms with Crippen LogP contribution < -0.4 is 5.32 Å². The normalized spacial score (nSPS) is 34.5. The van der Waals surface area contributed by atoms with Crippen molar-refractivity contribution in [3.63, 3.8) is 0 Å². The summed E-state index contributed by atoms with van der Waals surface area (Å²) in [6.07, 6.45) is 1.10. The molecule has 0 bridgehead atoms. The molecular formula is C15H27N3O2. The summed E-state index contributed by atoms with van der Waals surface area (Å²) in [5, 5.41) is 3.54. The van der Waals surface area contributed by atoms with Crippen LogP contribution in [0.4, 0.5) is 4.79 Å². The molecule has 0 unspecified atom stereocenters. The van der Waals surface area contributed by atoms with Gasteiger partial charge in [0.1, 0.15) is 5.60 Å². The first-order chi connectivity index (χ1) is 9.44. The molecule has 0 aromatic rings. The van der Waals surface area contributed by atoms with Crippen molar-refractivity contribution in [1.82, 2.24) is 15.1 Å². The number of carbonyl (C=O) groups is 1. The second kappa shape index (κ2) is 5.19. The number of rotatable bonds is 0. The van der Waals surface area contributed by atoms with Crippen LogP contribution in [0.1, 0.15) is 27.2 Å². The van der Waals surface area contributed by atoms with Crippen molar-refractivity contribution in [2.24, 2.45) is 11.8 Å². The number of hydrogen-bond acceptors (Lipinski definition) is 4. The third-order valence-corrected chi connectivity index (χ3v) is 4.73. The number of nitrogens with zero attached hydrogens (tertiary/aromatic N) is 2. The summed E-state index contributed by atoms with van der Waals surface area (Å²) in [6, 6.07) is 0.606. The largest absolute Gasteiger partial charge is 0.444 e. The van der Waals surface area contributed by atoms with Crippen molar-refractivity contribution in [3.05, 3.63) is 0 Å². The molecule has 3 saturated heterocycles. The Morgan fingerprint density at radius 1 is 1.25 bits per heavy atom. The molecule has 3 aliphatic rings. The van der Waals surface area contributed by atoms with Gasteiger partial charge in [-0.25, -0.2) is 4.79 Å². The Morgan fingerprint density at radius 3 is 2.80 bits per heavy atom. The standard InChI is InChI=1S/C15H27N3O2/c1-15(2,3)20-14(19)18-9-11-8-17-6-4-5-16-7-13(17)12(11)10-18/h11-13,16H,4-10H2,1-3H3/t11-,12+,13-/m0/s1. The van der Waals surface area contributed by atoms with E-state index in [9.17, 15) is 4.79 Å². The van der Waals surface area contributed by atoms with E-state index in [0.29, 0.717) is 17.9 Å². The maximum Gasteiger partial charge on any atom is 0.410 e. The van der Waals surface area contributed by atoms with Gasteiger partial charge in [-0.3, -0.25) is 4.90 Å². The highest BCUT2D eigenvalue weighted by Gasteiger charge is 2.48. The van der Waals surface area contributed by atoms with E-state index in [0.717, 1.165) is 32.7 Å². The number of carbonyl (C=O) groups excluding carboxylic acids is 1. The van der Waals surface area contributed by atoms with Crippen LogP contribution >= 0.6 is 0 Å². The molecule has 1 amide bonds. The van der Waals surface area contributed by atoms with Crippen molar-refractivity contribution in [2.75, 3.05) is 39.3 Å². The van der Waals surface area contributed by atoms with Gasteiger partial charge in [-0.2, -0.15) is 0 Å². The quantitative estimate of drug-likeness (QED) is 0.723. The molecule has 0 aromatic carbocycles. The van der Waals surface area contributed by atoms with Crippen molar-refractivity contribution in [3.8, 4) is 0 Å². The fraction of sp³-hybridized carbons (Fsp3) is 0.933. The second-order valence-corrected chi connectivity index (χ2v) is 7.43. The molecule has 1 N–H and O–H groups in total. The van der Waals surface area contributed by atoms with Crippen molar-refractivity contribution in [1.29, 1.82) is 0 Å². The molecule has 3 fully saturated rings. The van der Waals surface area contributed by atoms with Gasteiger partial charge in [-0.05, 0) is 52.1 Å². The first-order valence-corrected chi connectivity index (χ1v) is 7.87. The first kappa shape index (κ1) is 14.1. The highest BCUT2D eigenvalue weighted by atomic mass is 16.6. The minimum absolute atomic E-state index is 0.139. The molecule has 20 heavy (non-hydrogen) atoms. The summed E-state index contributed by atoms with van der Waals surface area (Å²) in [7, 11) is 0. The van der Waals surface area contributed by atoms with Gasteiger partial charge in [-0.1, -0.05) is 0 Å². The molecule has 5 nitrogen and oxygen atoms in total. The zero-order valence-electron chi connectivity index (χ0n) is 12.9. The van der Waals surface area contributed by atoms with Crippen molar-refractivity contribution in [2.45, 2.75) is 38.8 Å². The second-order valence-electron chi connectivity index (χ2n) is 7.43. The lowest BCUT2D eigenvalue weighted by atomic mass is 9.94. The Hall–Kier alpha value is -0.810. The highest BCUT2D eigenvalue weighted by molar-refractivity contribution is 5.68. The Kier molecular flexibility index (Phi) is 3.67. The third kappa shape index (κ3) is 2.79. The van der Waals surface area contributed by atoms with Crippen LogP contribution in [0, 0.1) is 11.8 Å². The van der Waals surface area contributed by atoms with Gasteiger partial charge in [0, 0.05) is 32.2 Å². The minimum atomic E-state index is -0.398. The van der Waals surface area contributed by atoms with E-state index in [2.05, 4.69) is 10.2 Å². The van der Waals surface area contributed by atoms with E-state index in [1.807, 2.05) is 25.7 Å². The van der Waals surface area contributed by atoms with E-state index >= 15 is 0 Å². The summed E-state index contributed by atoms with van der Waals surface area (Å²) in [5.74, 6) is 1.25. The van der Waals surface area contributed by atoms with Gasteiger partial charge in [0.15, 0.2) is 0 Å². The zero-order chi connectivity index (χ0) is 14.3. The number of nitrogens with one attached hydrogen (secondary N) is 1. The summed E-state index contributed by atoms with van der Waals surface area (Å²) in [6.45, 7) is 12.1. The highest BCUT2D eigenvalue weighted by Crippen LogP contribution is 2.37. The Bertz CT molecular complexity index is 380. The molecule has 114 valence electrons. The number of fused-ring (bicyclic) bond motifs is 3. The molecule has 0 spiro atoms. The van der Waals surface area contributed by atoms with Crippen molar-refractivity contribution < 1.29 is 9.53 Å². The molecule has 3 aliphatic heterocycles. The molecule has 0 radical (unpaired) electrons. The number of amides is 1. The lowest BCUT2D eigenvalue weighted by Gasteiger charge is -2.28. The van der Waals surface area contributed by atoms with Gasteiger partial charge >= 0.3 is 6.09 Å². The van der Waals surface area contributed by atoms with Gasteiger partial charge in [0.2, 0.25) is 0 Å². The fourth-order valence-electron chi connectivity index (χ4n) is 3.90. The lowest BCUT2D eigenvalue weighted by Crippen LogP contribution is -2.42. The third-order valence-electron chi connectivity index (χ3n) is 4.73. The number of likely N-dealkylation sites (tertiary alicyclic amines) is 1. The van der Waals surface area contributed by atoms with Crippen LogP contribution in [0.3, 0.4) is 0 Å². The fourth-order valence-corrected chi connectivity index (χ4v) is 3.90. The van der Waals surface area contributed by atoms with Crippen LogP contribution in [0.25, 0.3) is 0 Å². The van der Waals surface area contributed by atoms with E-state index in [-0.39, 0.29) is 6.09 Å². The summed E-state index contributed by atoms with van der Waals surface area (Å²) in [4.78, 5) is 16.7. The summed E-state index contributed by atoms with van der Waals surface area (Å²) >= 11 is 0. The topological polar surface area (TPSA) is 44.8 Å². The van der Waals surface area contributed by atoms with E-state index in [1.165, 1.54) is 13.0 Å². The Balaban J connectivity index is 1.62. The molecule has 0 saturated carbocycles. The first-order valence-electron chi connectivity index (χ1n) is 7.87. The van der Waals surface area contributed by atoms with Crippen molar-refractivity contribution >= 4 is 6.09 Å². The van der Waals surface area contributed by atoms with E-state index in [1.54, 1.807) is 0 Å². The zero-order valence-corrected chi connectivity index (χ0v) is 12.9. The van der Waals surface area contributed by atoms with E-state index < -0.39 is 5.60 Å². The van der Waals surface area contributed by atoms with Crippen LogP contribution in [0.15, 0.2) is 0 Å². The van der Waals surface area contributed by atoms with Gasteiger partial charge in [0.05, 0.1) is 0 Å². The maximum atomic E-state index is 12.2. The Morgan fingerprint density at radius 2 is 2.05 bits per heavy atom. The average Bonchev–Trinajstić information content (AvgIpc) is 2.78. The Labute approximate surface area is 121 Å².